The van der Waals surface area contributed by atoms with Crippen molar-refractivity contribution < 1.29 is 33.8 Å². The van der Waals surface area contributed by atoms with Gasteiger partial charge in [0, 0.05) is 68.5 Å². The van der Waals surface area contributed by atoms with E-state index in [1.54, 1.807) is 6.92 Å². The molecule has 3 aliphatic rings. The van der Waals surface area contributed by atoms with Gasteiger partial charge in [0.05, 0.1) is 36.2 Å². The number of carboxylic acid groups (broad SMARTS) is 1. The van der Waals surface area contributed by atoms with Crippen molar-refractivity contribution in [3.8, 4) is 0 Å². The molecule has 0 aromatic carbocycles. The number of hydrogen-bond acceptors (Lipinski definition) is 12. The minimum absolute atomic E-state index is 0.0346. The van der Waals surface area contributed by atoms with Gasteiger partial charge in [-0.3, -0.25) is 29.1 Å². The molecule has 4 aromatic heterocycles. The minimum Gasteiger partial charge on any atom is -0.480 e. The summed E-state index contributed by atoms with van der Waals surface area (Å²) >= 11 is 0. The average Bonchev–Trinajstić information content (AvgIpc) is 4.08. The molecule has 64 heavy (non-hydrogen) atoms. The number of carbonyl (C=O) groups is 5. The lowest BCUT2D eigenvalue weighted by atomic mass is 9.84. The first kappa shape index (κ1) is 45.7. The second-order valence-corrected chi connectivity index (χ2v) is 17.5. The highest BCUT2D eigenvalue weighted by molar-refractivity contribution is 6.23. The zero-order chi connectivity index (χ0) is 46.1. The SMILES string of the molecule is CC[C@@H]1c2cc3[nH]c4c(c3C)C(=O)C(C(=O)OC)c4c3nc(cc4[nH]c(cc(n2)[C@H]1C)c(C(C)=O)c4C)[C@H](C)[C@H]3CCCNCCCC(NC(=O)c1nc[nH]c1/N=N/C(C)C)C(=O)O. The van der Waals surface area contributed by atoms with Gasteiger partial charge in [-0.25, -0.2) is 9.78 Å². The van der Waals surface area contributed by atoms with E-state index >= 15 is 0 Å². The van der Waals surface area contributed by atoms with Gasteiger partial charge >= 0.3 is 11.9 Å². The normalized spacial score (nSPS) is 19.7. The monoisotopic (exact) mass is 874 g/mol. The van der Waals surface area contributed by atoms with Gasteiger partial charge < -0.3 is 35.4 Å². The van der Waals surface area contributed by atoms with Crippen LogP contribution >= 0.6 is 0 Å². The van der Waals surface area contributed by atoms with Crippen LogP contribution in [0.2, 0.25) is 0 Å². The lowest BCUT2D eigenvalue weighted by Gasteiger charge is -2.19. The highest BCUT2D eigenvalue weighted by Crippen LogP contribution is 2.48. The maximum absolute atomic E-state index is 14.4. The molecule has 2 aliphatic heterocycles. The van der Waals surface area contributed by atoms with Gasteiger partial charge in [-0.1, -0.05) is 20.8 Å². The van der Waals surface area contributed by atoms with Crippen LogP contribution in [0.15, 0.2) is 34.8 Å². The van der Waals surface area contributed by atoms with Crippen molar-refractivity contribution >= 4 is 57.3 Å². The highest BCUT2D eigenvalue weighted by atomic mass is 16.5. The number of fused-ring (bicyclic) bond motifs is 8. The van der Waals surface area contributed by atoms with E-state index in [0.29, 0.717) is 65.8 Å². The number of aromatic amines is 3. The van der Waals surface area contributed by atoms with Crippen LogP contribution in [-0.2, 0) is 14.3 Å². The summed E-state index contributed by atoms with van der Waals surface area (Å²) in [6.07, 6.45) is 4.12. The van der Waals surface area contributed by atoms with E-state index in [4.69, 9.17) is 14.7 Å². The number of aryl methyl sites for hydroxylation is 2. The van der Waals surface area contributed by atoms with E-state index in [1.807, 2.05) is 45.9 Å². The van der Waals surface area contributed by atoms with Crippen molar-refractivity contribution in [2.24, 2.45) is 10.2 Å². The first-order valence-electron chi connectivity index (χ1n) is 22.1. The number of methoxy groups -OCH3 is 1. The number of amides is 1. The van der Waals surface area contributed by atoms with Gasteiger partial charge in [0.25, 0.3) is 5.91 Å². The molecule has 0 radical (unpaired) electrons. The molecule has 0 saturated carbocycles. The summed E-state index contributed by atoms with van der Waals surface area (Å²) in [5, 5.41) is 23.9. The largest absolute Gasteiger partial charge is 0.480 e. The topological polar surface area (TPSA) is 250 Å². The summed E-state index contributed by atoms with van der Waals surface area (Å²) < 4.78 is 5.27. The van der Waals surface area contributed by atoms with E-state index < -0.39 is 29.8 Å². The molecular weight excluding hydrogens is 817 g/mol. The zero-order valence-corrected chi connectivity index (χ0v) is 37.9. The molecule has 7 rings (SSSR count). The van der Waals surface area contributed by atoms with Crippen LogP contribution in [0, 0.1) is 13.8 Å². The number of hydrogen-bond donors (Lipinski definition) is 6. The van der Waals surface area contributed by atoms with Gasteiger partial charge in [0.1, 0.15) is 12.0 Å². The molecule has 1 aliphatic carbocycles. The molecule has 0 saturated heterocycles. The number of rotatable bonds is 16. The summed E-state index contributed by atoms with van der Waals surface area (Å²) in [4.78, 5) is 90.5. The predicted molar refractivity (Wildman–Crippen MR) is 241 cm³/mol. The average molecular weight is 875 g/mol. The Hall–Kier alpha value is -6.36. The first-order valence-corrected chi connectivity index (χ1v) is 22.1. The third-order valence-electron chi connectivity index (χ3n) is 13.0. The summed E-state index contributed by atoms with van der Waals surface area (Å²) in [7, 11) is 1.29. The van der Waals surface area contributed by atoms with Crippen LogP contribution in [0.25, 0.3) is 22.1 Å². The standard InChI is InChI=1S/C47H58N10O7/c1-10-27-22(4)30-19-35-36(26(8)58)24(6)32(52-35)17-31-23(5)28(40(53-31)38-39(47(63)64-9)43(59)37-25(7)33(54-41(37)38)18-34(27)51-30)13-11-15-48-16-12-14-29(46(61)62)55-45(60)42-44(50-20-49-42)57-56-21(2)3/h17-23,27-29,39,48,52,54H,10-16H2,1-9H3,(H,49,50)(H,55,60)(H,61,62)/b30-19?,31-17?,32-17?,33-18?,34-18?,35-19?,40-38?,57-56+/t22-,23+,27-,28+,29?,39?/m0/s1. The molecule has 4 aromatic rings. The van der Waals surface area contributed by atoms with E-state index in [0.717, 1.165) is 45.7 Å². The van der Waals surface area contributed by atoms with Crippen molar-refractivity contribution in [1.82, 2.24) is 40.5 Å². The number of H-pyrrole nitrogens is 3. The molecule has 17 heteroatoms. The summed E-state index contributed by atoms with van der Waals surface area (Å²) in [6.45, 7) is 16.5. The number of carboxylic acids is 1. The lowest BCUT2D eigenvalue weighted by Crippen LogP contribution is -2.41. The number of Topliss-reactive ketones (excluding diaryl/α,β-unsaturated/α-hetero) is 2. The Bertz CT molecular complexity index is 2710. The molecule has 8 bridgehead atoms. The summed E-state index contributed by atoms with van der Waals surface area (Å²) in [6, 6.07) is 4.74. The van der Waals surface area contributed by atoms with Crippen LogP contribution in [0.4, 0.5) is 5.82 Å². The Morgan fingerprint density at radius 1 is 0.922 bits per heavy atom. The molecule has 0 fully saturated rings. The Labute approximate surface area is 371 Å². The lowest BCUT2D eigenvalue weighted by molar-refractivity contribution is -0.141. The van der Waals surface area contributed by atoms with Crippen LogP contribution in [0.5, 0.6) is 0 Å². The van der Waals surface area contributed by atoms with E-state index in [1.165, 1.54) is 13.4 Å². The molecule has 338 valence electrons. The van der Waals surface area contributed by atoms with E-state index in [-0.39, 0.29) is 59.2 Å². The van der Waals surface area contributed by atoms with Gasteiger partial charge in [-0.05, 0) is 109 Å². The molecule has 6 N–H and O–H groups in total. The zero-order valence-electron chi connectivity index (χ0n) is 37.9. The number of aliphatic carboxylic acids is 1. The number of ketones is 2. The molecule has 2 unspecified atom stereocenters. The second-order valence-electron chi connectivity index (χ2n) is 17.5. The predicted octanol–water partition coefficient (Wildman–Crippen LogP) is 8.02. The third kappa shape index (κ3) is 8.64. The number of carbonyl (C=O) groups excluding carboxylic acids is 4. The quantitative estimate of drug-likeness (QED) is 0.0207. The number of imidazole rings is 1. The smallest absolute Gasteiger partial charge is 0.326 e. The Balaban J connectivity index is 1.19. The molecule has 6 heterocycles. The number of nitrogens with one attached hydrogen (secondary N) is 5. The Morgan fingerprint density at radius 3 is 2.28 bits per heavy atom. The molecule has 17 nitrogen and oxygen atoms in total. The van der Waals surface area contributed by atoms with Crippen LogP contribution in [-0.4, -0.2) is 96.7 Å². The molecule has 6 atom stereocenters. The van der Waals surface area contributed by atoms with Crippen molar-refractivity contribution in [3.05, 3.63) is 80.8 Å². The second kappa shape index (κ2) is 18.8. The molecule has 0 spiro atoms. The summed E-state index contributed by atoms with van der Waals surface area (Å²) in [5.74, 6) is -4.07. The maximum atomic E-state index is 14.4. The van der Waals surface area contributed by atoms with E-state index in [9.17, 15) is 29.1 Å². The number of ether oxygens (including phenoxy) is 1. The first-order chi connectivity index (χ1) is 30.6. The highest BCUT2D eigenvalue weighted by Gasteiger charge is 2.45. The van der Waals surface area contributed by atoms with Crippen molar-refractivity contribution in [2.45, 2.75) is 129 Å². The maximum Gasteiger partial charge on any atom is 0.326 e. The van der Waals surface area contributed by atoms with Crippen LogP contribution in [0.3, 0.4) is 0 Å². The number of nitrogens with zero attached hydrogens (tertiary/aromatic N) is 5. The van der Waals surface area contributed by atoms with Crippen LogP contribution < -0.4 is 10.6 Å². The fourth-order valence-electron chi connectivity index (χ4n) is 9.52. The number of azo groups is 1. The van der Waals surface area contributed by atoms with Crippen molar-refractivity contribution in [2.75, 3.05) is 20.2 Å². The summed E-state index contributed by atoms with van der Waals surface area (Å²) in [5.41, 5.74) is 8.94. The van der Waals surface area contributed by atoms with Crippen molar-refractivity contribution in [1.29, 1.82) is 0 Å². The van der Waals surface area contributed by atoms with Crippen molar-refractivity contribution in [3.63, 3.8) is 0 Å². The van der Waals surface area contributed by atoms with Gasteiger partial charge in [-0.2, -0.15) is 5.11 Å². The fourth-order valence-corrected chi connectivity index (χ4v) is 9.52. The van der Waals surface area contributed by atoms with Gasteiger partial charge in [0.2, 0.25) is 0 Å². The number of aromatic nitrogens is 6. The Morgan fingerprint density at radius 2 is 1.59 bits per heavy atom. The Kier molecular flexibility index (Phi) is 13.4. The molecular formula is C47H58N10O7. The fraction of sp³-hybridized carbons (Fsp3) is 0.489. The minimum atomic E-state index is -1.19. The van der Waals surface area contributed by atoms with E-state index in [2.05, 4.69) is 61.6 Å². The molecule has 1 amide bonds. The number of esters is 1. The third-order valence-corrected chi connectivity index (χ3v) is 13.0. The van der Waals surface area contributed by atoms with Gasteiger partial charge in [-0.15, -0.1) is 5.11 Å². The van der Waals surface area contributed by atoms with Crippen LogP contribution in [0.1, 0.15) is 174 Å². The van der Waals surface area contributed by atoms with Gasteiger partial charge in [0.15, 0.2) is 23.1 Å².